The predicted molar refractivity (Wildman–Crippen MR) is 63.8 cm³/mol. The summed E-state index contributed by atoms with van der Waals surface area (Å²) in [5.41, 5.74) is 1.60. The van der Waals surface area contributed by atoms with E-state index < -0.39 is 0 Å². The Hall–Kier alpha value is -0.930. The van der Waals surface area contributed by atoms with Crippen LogP contribution < -0.4 is 5.32 Å². The molecule has 0 radical (unpaired) electrons. The van der Waals surface area contributed by atoms with E-state index in [4.69, 9.17) is 4.74 Å². The molecule has 0 saturated carbocycles. The summed E-state index contributed by atoms with van der Waals surface area (Å²) < 4.78 is 5.59. The largest absolute Gasteiger partial charge is 0.353 e. The third-order valence-electron chi connectivity index (χ3n) is 2.65. The molecule has 0 amide bonds. The molecule has 0 bridgehead atoms. The fourth-order valence-corrected chi connectivity index (χ4v) is 1.80. The molecule has 0 aliphatic carbocycles. The first-order valence-corrected chi connectivity index (χ1v) is 5.82. The molecular formula is C13H20N2O. The van der Waals surface area contributed by atoms with Gasteiger partial charge in [-0.3, -0.25) is 10.3 Å². The zero-order chi connectivity index (χ0) is 11.6. The normalized spacial score (nSPS) is 24.4. The first-order chi connectivity index (χ1) is 7.54. The second-order valence-corrected chi connectivity index (χ2v) is 5.60. The summed E-state index contributed by atoms with van der Waals surface area (Å²) in [6, 6.07) is 4.04. The lowest BCUT2D eigenvalue weighted by Crippen LogP contribution is -2.21. The highest BCUT2D eigenvalue weighted by Gasteiger charge is 2.40. The summed E-state index contributed by atoms with van der Waals surface area (Å²) in [7, 11) is 0. The van der Waals surface area contributed by atoms with Gasteiger partial charge in [0, 0.05) is 18.9 Å². The van der Waals surface area contributed by atoms with Crippen LogP contribution in [0.1, 0.15) is 32.8 Å². The maximum atomic E-state index is 5.59. The van der Waals surface area contributed by atoms with Crippen molar-refractivity contribution in [2.24, 2.45) is 5.41 Å². The zero-order valence-corrected chi connectivity index (χ0v) is 10.2. The van der Waals surface area contributed by atoms with Crippen LogP contribution in [0.5, 0.6) is 0 Å². The quantitative estimate of drug-likeness (QED) is 0.791. The average molecular weight is 220 g/mol. The fourth-order valence-electron chi connectivity index (χ4n) is 1.80. The second-order valence-electron chi connectivity index (χ2n) is 5.60. The molecule has 16 heavy (non-hydrogen) atoms. The van der Waals surface area contributed by atoms with Gasteiger partial charge in [-0.2, -0.15) is 0 Å². The molecule has 2 rings (SSSR count). The van der Waals surface area contributed by atoms with Crippen LogP contribution in [0.2, 0.25) is 0 Å². The third-order valence-corrected chi connectivity index (χ3v) is 2.65. The molecule has 1 aliphatic heterocycles. The van der Waals surface area contributed by atoms with Crippen LogP contribution in [0.25, 0.3) is 0 Å². The smallest absolute Gasteiger partial charge is 0.135 e. The number of nitrogens with one attached hydrogen (secondary N) is 1. The van der Waals surface area contributed by atoms with Crippen LogP contribution in [-0.4, -0.2) is 17.3 Å². The first kappa shape index (κ1) is 11.6. The summed E-state index contributed by atoms with van der Waals surface area (Å²) in [6.45, 7) is 7.59. The molecule has 2 atom stereocenters. The van der Waals surface area contributed by atoms with Crippen molar-refractivity contribution in [3.63, 3.8) is 0 Å². The first-order valence-electron chi connectivity index (χ1n) is 5.82. The highest BCUT2D eigenvalue weighted by atomic mass is 16.6. The maximum absolute atomic E-state index is 5.59. The molecule has 1 N–H and O–H groups in total. The van der Waals surface area contributed by atoms with E-state index in [1.165, 1.54) is 5.56 Å². The van der Waals surface area contributed by atoms with Crippen LogP contribution in [-0.2, 0) is 11.3 Å². The Kier molecular flexibility index (Phi) is 3.26. The molecule has 0 spiro atoms. The minimum absolute atomic E-state index is 0.243. The van der Waals surface area contributed by atoms with Gasteiger partial charge in [-0.15, -0.1) is 0 Å². The van der Waals surface area contributed by atoms with Gasteiger partial charge in [-0.25, -0.2) is 0 Å². The van der Waals surface area contributed by atoms with E-state index in [0.717, 1.165) is 13.0 Å². The van der Waals surface area contributed by atoms with Crippen molar-refractivity contribution < 1.29 is 4.74 Å². The molecule has 1 saturated heterocycles. The molecule has 1 fully saturated rings. The van der Waals surface area contributed by atoms with E-state index in [9.17, 15) is 0 Å². The molecule has 1 aromatic heterocycles. The van der Waals surface area contributed by atoms with E-state index in [1.54, 1.807) is 0 Å². The van der Waals surface area contributed by atoms with Crippen LogP contribution in [0.15, 0.2) is 24.5 Å². The minimum Gasteiger partial charge on any atom is -0.353 e. The lowest BCUT2D eigenvalue weighted by atomic mass is 9.90. The van der Waals surface area contributed by atoms with Crippen LogP contribution >= 0.6 is 0 Å². The number of nitrogens with zero attached hydrogens (tertiary/aromatic N) is 1. The summed E-state index contributed by atoms with van der Waals surface area (Å²) in [5, 5.41) is 3.40. The molecule has 1 aliphatic rings. The Morgan fingerprint density at radius 2 is 2.00 bits per heavy atom. The van der Waals surface area contributed by atoms with Crippen molar-refractivity contribution in [2.75, 3.05) is 0 Å². The highest BCUT2D eigenvalue weighted by Crippen LogP contribution is 2.32. The molecule has 3 heteroatoms. The van der Waals surface area contributed by atoms with Gasteiger partial charge in [0.05, 0.1) is 6.10 Å². The predicted octanol–water partition coefficient (Wildman–Crippen LogP) is 2.33. The van der Waals surface area contributed by atoms with Crippen molar-refractivity contribution in [3.8, 4) is 0 Å². The lowest BCUT2D eigenvalue weighted by Gasteiger charge is -2.15. The van der Waals surface area contributed by atoms with E-state index >= 15 is 0 Å². The Bertz CT molecular complexity index is 332. The highest BCUT2D eigenvalue weighted by molar-refractivity contribution is 5.09. The van der Waals surface area contributed by atoms with Crippen LogP contribution in [0.4, 0.5) is 0 Å². The summed E-state index contributed by atoms with van der Waals surface area (Å²) in [4.78, 5) is 3.99. The van der Waals surface area contributed by atoms with Crippen molar-refractivity contribution in [1.29, 1.82) is 0 Å². The number of rotatable bonds is 4. The number of pyridine rings is 1. The molecule has 1 aromatic rings. The molecule has 88 valence electrons. The van der Waals surface area contributed by atoms with E-state index in [-0.39, 0.29) is 6.23 Å². The Morgan fingerprint density at radius 3 is 2.62 bits per heavy atom. The van der Waals surface area contributed by atoms with E-state index in [1.807, 2.05) is 24.5 Å². The molecule has 3 nitrogen and oxygen atoms in total. The lowest BCUT2D eigenvalue weighted by molar-refractivity contribution is 0.288. The SMILES string of the molecule is CC(C)(C)CC1OC1NCc1ccncc1. The topological polar surface area (TPSA) is 37.5 Å². The zero-order valence-electron chi connectivity index (χ0n) is 10.2. The van der Waals surface area contributed by atoms with Gasteiger partial charge in [0.1, 0.15) is 6.23 Å². The molecular weight excluding hydrogens is 200 g/mol. The number of aromatic nitrogens is 1. The third kappa shape index (κ3) is 3.58. The van der Waals surface area contributed by atoms with Gasteiger partial charge in [0.25, 0.3) is 0 Å². The summed E-state index contributed by atoms with van der Waals surface area (Å²) >= 11 is 0. The van der Waals surface area contributed by atoms with Crippen molar-refractivity contribution in [2.45, 2.75) is 46.1 Å². The van der Waals surface area contributed by atoms with Crippen LogP contribution in [0.3, 0.4) is 0 Å². The van der Waals surface area contributed by atoms with Gasteiger partial charge in [0.15, 0.2) is 0 Å². The minimum atomic E-state index is 0.243. The monoisotopic (exact) mass is 220 g/mol. The Morgan fingerprint density at radius 1 is 1.31 bits per heavy atom. The summed E-state index contributed by atoms with van der Waals surface area (Å²) in [5.74, 6) is 0. The Balaban J connectivity index is 1.70. The number of hydrogen-bond acceptors (Lipinski definition) is 3. The Labute approximate surface area is 97.2 Å². The number of epoxide rings is 1. The van der Waals surface area contributed by atoms with E-state index in [2.05, 4.69) is 31.1 Å². The van der Waals surface area contributed by atoms with Crippen molar-refractivity contribution in [3.05, 3.63) is 30.1 Å². The van der Waals surface area contributed by atoms with Crippen molar-refractivity contribution in [1.82, 2.24) is 10.3 Å². The van der Waals surface area contributed by atoms with E-state index in [0.29, 0.717) is 11.5 Å². The van der Waals surface area contributed by atoms with Gasteiger partial charge >= 0.3 is 0 Å². The standard InChI is InChI=1S/C13H20N2O/c1-13(2,3)8-11-12(16-11)15-9-10-4-6-14-7-5-10/h4-7,11-12,15H,8-9H2,1-3H3. The van der Waals surface area contributed by atoms with Gasteiger partial charge in [-0.05, 0) is 29.5 Å². The van der Waals surface area contributed by atoms with Crippen LogP contribution in [0, 0.1) is 5.41 Å². The maximum Gasteiger partial charge on any atom is 0.135 e. The molecule has 0 aromatic carbocycles. The average Bonchev–Trinajstić information content (AvgIpc) is 2.92. The van der Waals surface area contributed by atoms with Gasteiger partial charge < -0.3 is 4.74 Å². The van der Waals surface area contributed by atoms with Gasteiger partial charge in [-0.1, -0.05) is 20.8 Å². The van der Waals surface area contributed by atoms with Gasteiger partial charge in [0.2, 0.25) is 0 Å². The molecule has 2 unspecified atom stereocenters. The summed E-state index contributed by atoms with van der Waals surface area (Å²) in [6.07, 6.45) is 5.38. The fraction of sp³-hybridized carbons (Fsp3) is 0.615. The number of hydrogen-bond donors (Lipinski definition) is 1. The second kappa shape index (κ2) is 4.52. The molecule has 2 heterocycles. The van der Waals surface area contributed by atoms with Crippen molar-refractivity contribution >= 4 is 0 Å². The number of ether oxygens (including phenoxy) is 1.